The van der Waals surface area contributed by atoms with Crippen LogP contribution in [0.15, 0.2) is 18.2 Å². The predicted molar refractivity (Wildman–Crippen MR) is 65.3 cm³/mol. The number of benzene rings is 1. The van der Waals surface area contributed by atoms with Gasteiger partial charge in [-0.2, -0.15) is 0 Å². The number of hydrogen-bond acceptors (Lipinski definition) is 4. The van der Waals surface area contributed by atoms with Crippen molar-refractivity contribution in [3.63, 3.8) is 0 Å². The summed E-state index contributed by atoms with van der Waals surface area (Å²) in [6.45, 7) is 1.69. The smallest absolute Gasteiger partial charge is 0.271 e. The van der Waals surface area contributed by atoms with Crippen LogP contribution in [0.25, 0.3) is 0 Å². The van der Waals surface area contributed by atoms with Gasteiger partial charge in [0.25, 0.3) is 5.69 Å². The fraction of sp³-hybridized carbons (Fsp3) is 0.300. The van der Waals surface area contributed by atoms with E-state index in [1.165, 1.54) is 18.2 Å². The van der Waals surface area contributed by atoms with Gasteiger partial charge < -0.3 is 10.6 Å². The van der Waals surface area contributed by atoms with Crippen molar-refractivity contribution >= 4 is 28.9 Å². The van der Waals surface area contributed by atoms with E-state index in [0.717, 1.165) is 0 Å². The first-order valence-electron chi connectivity index (χ1n) is 4.87. The molecule has 0 bridgehead atoms. The van der Waals surface area contributed by atoms with Crippen molar-refractivity contribution in [2.75, 3.05) is 12.4 Å². The first kappa shape index (κ1) is 13.4. The summed E-state index contributed by atoms with van der Waals surface area (Å²) in [5, 5.41) is 16.0. The van der Waals surface area contributed by atoms with Crippen LogP contribution in [0.5, 0.6) is 0 Å². The second-order valence-electron chi connectivity index (χ2n) is 3.42. The summed E-state index contributed by atoms with van der Waals surface area (Å²) in [7, 11) is 1.65. The molecule has 92 valence electrons. The number of nitrogens with zero attached hydrogens (tertiary/aromatic N) is 1. The molecule has 1 rings (SSSR count). The summed E-state index contributed by atoms with van der Waals surface area (Å²) in [6.07, 6.45) is 0. The van der Waals surface area contributed by atoms with E-state index in [-0.39, 0.29) is 22.7 Å². The number of hydrogen-bond donors (Lipinski definition) is 2. The van der Waals surface area contributed by atoms with E-state index in [9.17, 15) is 14.9 Å². The van der Waals surface area contributed by atoms with Gasteiger partial charge in [-0.15, -0.1) is 0 Å². The summed E-state index contributed by atoms with van der Waals surface area (Å²) < 4.78 is 0. The van der Waals surface area contributed by atoms with Gasteiger partial charge in [-0.3, -0.25) is 14.9 Å². The number of anilines is 1. The Kier molecular flexibility index (Phi) is 4.42. The van der Waals surface area contributed by atoms with E-state index < -0.39 is 4.92 Å². The maximum absolute atomic E-state index is 11.5. The number of nitro benzene ring substituents is 1. The highest BCUT2D eigenvalue weighted by Crippen LogP contribution is 2.26. The molecule has 2 N–H and O–H groups in total. The number of amides is 1. The van der Waals surface area contributed by atoms with Crippen LogP contribution in [-0.4, -0.2) is 23.9 Å². The topological polar surface area (TPSA) is 84.3 Å². The fourth-order valence-electron chi connectivity index (χ4n) is 1.09. The number of nitrogens with one attached hydrogen (secondary N) is 2. The summed E-state index contributed by atoms with van der Waals surface area (Å²) in [5.74, 6) is -0.261. The van der Waals surface area contributed by atoms with E-state index >= 15 is 0 Å². The zero-order chi connectivity index (χ0) is 13.0. The Morgan fingerprint density at radius 3 is 2.65 bits per heavy atom. The molecule has 0 aliphatic carbocycles. The van der Waals surface area contributed by atoms with Crippen LogP contribution in [0.1, 0.15) is 6.92 Å². The van der Waals surface area contributed by atoms with Crippen molar-refractivity contribution in [1.29, 1.82) is 0 Å². The van der Waals surface area contributed by atoms with Gasteiger partial charge in [0.2, 0.25) is 5.91 Å². The largest absolute Gasteiger partial charge is 0.323 e. The van der Waals surface area contributed by atoms with E-state index in [1.54, 1.807) is 14.0 Å². The zero-order valence-corrected chi connectivity index (χ0v) is 10.1. The maximum atomic E-state index is 11.5. The van der Waals surface area contributed by atoms with Crippen LogP contribution in [0.3, 0.4) is 0 Å². The molecule has 17 heavy (non-hydrogen) atoms. The van der Waals surface area contributed by atoms with Crippen molar-refractivity contribution < 1.29 is 9.72 Å². The van der Waals surface area contributed by atoms with Crippen molar-refractivity contribution in [2.24, 2.45) is 0 Å². The molecule has 0 fully saturated rings. The predicted octanol–water partition coefficient (Wildman–Crippen LogP) is 1.79. The number of rotatable bonds is 4. The van der Waals surface area contributed by atoms with Crippen LogP contribution < -0.4 is 10.6 Å². The summed E-state index contributed by atoms with van der Waals surface area (Å²) in [5.41, 5.74) is 0.235. The SMILES string of the molecule is CNC(C)C(=O)Nc1ccc([N+](=O)[O-])cc1Cl. The highest BCUT2D eigenvalue weighted by atomic mass is 35.5. The second kappa shape index (κ2) is 5.60. The average molecular weight is 258 g/mol. The third-order valence-corrected chi connectivity index (χ3v) is 2.56. The molecule has 0 heterocycles. The average Bonchev–Trinajstić information content (AvgIpc) is 2.30. The molecule has 0 saturated carbocycles. The number of carbonyl (C=O) groups excluding carboxylic acids is 1. The van der Waals surface area contributed by atoms with Gasteiger partial charge in [-0.1, -0.05) is 11.6 Å². The minimum atomic E-state index is -0.548. The highest BCUT2D eigenvalue weighted by Gasteiger charge is 2.14. The van der Waals surface area contributed by atoms with Crippen molar-refractivity contribution in [2.45, 2.75) is 13.0 Å². The number of non-ortho nitro benzene ring substituents is 1. The quantitative estimate of drug-likeness (QED) is 0.636. The monoisotopic (exact) mass is 257 g/mol. The lowest BCUT2D eigenvalue weighted by Gasteiger charge is -2.11. The molecule has 1 atom stereocenters. The van der Waals surface area contributed by atoms with E-state index in [4.69, 9.17) is 11.6 Å². The third-order valence-electron chi connectivity index (χ3n) is 2.25. The molecule has 0 spiro atoms. The first-order chi connectivity index (χ1) is 7.95. The number of carbonyl (C=O) groups is 1. The Balaban J connectivity index is 2.86. The fourth-order valence-corrected chi connectivity index (χ4v) is 1.31. The summed E-state index contributed by atoms with van der Waals surface area (Å²) >= 11 is 5.83. The van der Waals surface area contributed by atoms with E-state index in [1.807, 2.05) is 0 Å². The molecular weight excluding hydrogens is 246 g/mol. The molecule has 6 nitrogen and oxygen atoms in total. The normalized spacial score (nSPS) is 11.9. The lowest BCUT2D eigenvalue weighted by Crippen LogP contribution is -2.35. The van der Waals surface area contributed by atoms with Gasteiger partial charge in [0.15, 0.2) is 0 Å². The van der Waals surface area contributed by atoms with Crippen molar-refractivity contribution in [3.8, 4) is 0 Å². The first-order valence-corrected chi connectivity index (χ1v) is 5.25. The molecule has 0 aliphatic heterocycles. The Labute approximate surface area is 103 Å². The van der Waals surface area contributed by atoms with Crippen LogP contribution in [-0.2, 0) is 4.79 Å². The number of likely N-dealkylation sites (N-methyl/N-ethyl adjacent to an activating group) is 1. The molecular formula is C10H12ClN3O3. The van der Waals surface area contributed by atoms with Gasteiger partial charge in [0, 0.05) is 12.1 Å². The van der Waals surface area contributed by atoms with Gasteiger partial charge >= 0.3 is 0 Å². The van der Waals surface area contributed by atoms with Crippen molar-refractivity contribution in [3.05, 3.63) is 33.3 Å². The lowest BCUT2D eigenvalue weighted by atomic mass is 10.2. The van der Waals surface area contributed by atoms with Crippen LogP contribution in [0.2, 0.25) is 5.02 Å². The molecule has 0 aliphatic rings. The lowest BCUT2D eigenvalue weighted by molar-refractivity contribution is -0.384. The Morgan fingerprint density at radius 2 is 2.18 bits per heavy atom. The van der Waals surface area contributed by atoms with Crippen molar-refractivity contribution in [1.82, 2.24) is 5.32 Å². The standard InChI is InChI=1S/C10H12ClN3O3/c1-6(12-2)10(15)13-9-4-3-7(14(16)17)5-8(9)11/h3-6,12H,1-2H3,(H,13,15). The van der Waals surface area contributed by atoms with Crippen LogP contribution >= 0.6 is 11.6 Å². The van der Waals surface area contributed by atoms with Gasteiger partial charge in [0.1, 0.15) is 0 Å². The minimum absolute atomic E-state index is 0.116. The third kappa shape index (κ3) is 3.40. The van der Waals surface area contributed by atoms with Gasteiger partial charge in [0.05, 0.1) is 21.7 Å². The molecule has 1 aromatic rings. The number of nitro groups is 1. The summed E-state index contributed by atoms with van der Waals surface area (Å²) in [4.78, 5) is 21.5. The zero-order valence-electron chi connectivity index (χ0n) is 9.36. The summed E-state index contributed by atoms with van der Waals surface area (Å²) in [6, 6.07) is 3.51. The molecule has 1 unspecified atom stereocenters. The highest BCUT2D eigenvalue weighted by molar-refractivity contribution is 6.34. The molecule has 0 saturated heterocycles. The minimum Gasteiger partial charge on any atom is -0.323 e. The van der Waals surface area contributed by atoms with Gasteiger partial charge in [-0.05, 0) is 20.0 Å². The molecule has 0 aromatic heterocycles. The second-order valence-corrected chi connectivity index (χ2v) is 3.83. The van der Waals surface area contributed by atoms with Crippen LogP contribution in [0.4, 0.5) is 11.4 Å². The Hall–Kier alpha value is -1.66. The number of halogens is 1. The molecule has 7 heteroatoms. The van der Waals surface area contributed by atoms with Crippen LogP contribution in [0, 0.1) is 10.1 Å². The van der Waals surface area contributed by atoms with Gasteiger partial charge in [-0.25, -0.2) is 0 Å². The molecule has 0 radical (unpaired) electrons. The molecule has 1 aromatic carbocycles. The van der Waals surface area contributed by atoms with E-state index in [0.29, 0.717) is 5.69 Å². The Bertz CT molecular complexity index is 450. The maximum Gasteiger partial charge on any atom is 0.271 e. The van der Waals surface area contributed by atoms with E-state index in [2.05, 4.69) is 10.6 Å². The molecule has 1 amide bonds. The Morgan fingerprint density at radius 1 is 1.53 bits per heavy atom.